The Labute approximate surface area is 160 Å². The number of carbonyl (C=O) groups excluding carboxylic acids is 1. The molecule has 27 heavy (non-hydrogen) atoms. The van der Waals surface area contributed by atoms with Gasteiger partial charge in [0, 0.05) is 6.54 Å². The van der Waals surface area contributed by atoms with Crippen molar-refractivity contribution in [3.05, 3.63) is 53.4 Å². The number of rotatable bonds is 5. The largest absolute Gasteiger partial charge is 0.349 e. The molecule has 0 radical (unpaired) electrons. The Morgan fingerprint density at radius 3 is 2.89 bits per heavy atom. The Kier molecular flexibility index (Phi) is 5.26. The second-order valence-electron chi connectivity index (χ2n) is 6.55. The molecule has 2 N–H and O–H groups in total. The van der Waals surface area contributed by atoms with Crippen LogP contribution in [0.1, 0.15) is 23.5 Å². The Bertz CT molecular complexity index is 901. The van der Waals surface area contributed by atoms with E-state index in [4.69, 9.17) is 0 Å². The van der Waals surface area contributed by atoms with Crippen molar-refractivity contribution in [1.82, 2.24) is 25.4 Å². The molecule has 6 nitrogen and oxygen atoms in total. The van der Waals surface area contributed by atoms with Crippen LogP contribution >= 0.6 is 11.3 Å². The predicted molar refractivity (Wildman–Crippen MR) is 103 cm³/mol. The van der Waals surface area contributed by atoms with Crippen molar-refractivity contribution in [2.24, 2.45) is 5.92 Å². The van der Waals surface area contributed by atoms with Crippen molar-refractivity contribution in [2.45, 2.75) is 12.8 Å². The number of benzene rings is 1. The van der Waals surface area contributed by atoms with Gasteiger partial charge >= 0.3 is 0 Å². The van der Waals surface area contributed by atoms with Gasteiger partial charge in [-0.3, -0.25) is 4.79 Å². The topological polar surface area (TPSA) is 71.8 Å². The van der Waals surface area contributed by atoms with Gasteiger partial charge in [0.05, 0.1) is 10.6 Å². The minimum Gasteiger partial charge on any atom is -0.349 e. The van der Waals surface area contributed by atoms with Crippen molar-refractivity contribution in [3.8, 4) is 16.4 Å². The summed E-state index contributed by atoms with van der Waals surface area (Å²) in [6.07, 6.45) is 2.23. The van der Waals surface area contributed by atoms with Crippen molar-refractivity contribution >= 4 is 17.2 Å². The van der Waals surface area contributed by atoms with E-state index in [0.29, 0.717) is 24.0 Å². The summed E-state index contributed by atoms with van der Waals surface area (Å²) in [5.41, 5.74) is 0.655. The fraction of sp³-hybridized carbons (Fsp3) is 0.316. The molecule has 0 spiro atoms. The van der Waals surface area contributed by atoms with Crippen molar-refractivity contribution < 1.29 is 9.18 Å². The van der Waals surface area contributed by atoms with Gasteiger partial charge in [-0.25, -0.2) is 14.1 Å². The number of aromatic nitrogens is 3. The van der Waals surface area contributed by atoms with Crippen LogP contribution in [0.3, 0.4) is 0 Å². The van der Waals surface area contributed by atoms with Crippen LogP contribution in [0, 0.1) is 11.7 Å². The van der Waals surface area contributed by atoms with Crippen LogP contribution in [0.15, 0.2) is 41.8 Å². The van der Waals surface area contributed by atoms with Crippen LogP contribution in [-0.2, 0) is 0 Å². The summed E-state index contributed by atoms with van der Waals surface area (Å²) in [6.45, 7) is 2.56. The first-order chi connectivity index (χ1) is 13.2. The summed E-state index contributed by atoms with van der Waals surface area (Å²) in [5, 5.41) is 12.6. The number of nitrogens with one attached hydrogen (secondary N) is 2. The number of hydrogen-bond donors (Lipinski definition) is 2. The summed E-state index contributed by atoms with van der Waals surface area (Å²) in [5.74, 6) is 0.501. The van der Waals surface area contributed by atoms with Crippen LogP contribution in [0.25, 0.3) is 16.4 Å². The average molecular weight is 385 g/mol. The molecule has 4 rings (SSSR count). The second kappa shape index (κ2) is 7.98. The Morgan fingerprint density at radius 2 is 2.19 bits per heavy atom. The molecule has 3 heterocycles. The molecule has 0 bridgehead atoms. The van der Waals surface area contributed by atoms with Gasteiger partial charge in [-0.05, 0) is 67.6 Å². The van der Waals surface area contributed by atoms with Gasteiger partial charge in [0.2, 0.25) is 5.82 Å². The Balaban J connectivity index is 1.58. The summed E-state index contributed by atoms with van der Waals surface area (Å²) in [6, 6.07) is 9.81. The maximum Gasteiger partial charge on any atom is 0.291 e. The Hall–Kier alpha value is -2.58. The van der Waals surface area contributed by atoms with E-state index in [2.05, 4.69) is 20.7 Å². The molecule has 140 valence electrons. The molecule has 1 aliphatic rings. The number of carbonyl (C=O) groups is 1. The van der Waals surface area contributed by atoms with E-state index in [1.54, 1.807) is 16.8 Å². The SMILES string of the molecule is O=C(NCC1CCCNC1)c1nc(-c2cccs2)n(-c2ccc(F)cc2)n1. The molecule has 1 saturated heterocycles. The summed E-state index contributed by atoms with van der Waals surface area (Å²) >= 11 is 1.51. The van der Waals surface area contributed by atoms with Gasteiger partial charge in [0.15, 0.2) is 5.82 Å². The lowest BCUT2D eigenvalue weighted by Crippen LogP contribution is -2.38. The molecule has 1 fully saturated rings. The maximum atomic E-state index is 13.3. The zero-order valence-corrected chi connectivity index (χ0v) is 15.5. The summed E-state index contributed by atoms with van der Waals surface area (Å²) in [4.78, 5) is 17.9. The number of halogens is 1. The highest BCUT2D eigenvalue weighted by Gasteiger charge is 2.21. The fourth-order valence-corrected chi connectivity index (χ4v) is 3.85. The smallest absolute Gasteiger partial charge is 0.291 e. The van der Waals surface area contributed by atoms with E-state index in [1.807, 2.05) is 17.5 Å². The van der Waals surface area contributed by atoms with E-state index in [9.17, 15) is 9.18 Å². The highest BCUT2D eigenvalue weighted by atomic mass is 32.1. The Morgan fingerprint density at radius 1 is 1.33 bits per heavy atom. The molecule has 1 aromatic carbocycles. The first kappa shape index (κ1) is 17.8. The zero-order valence-electron chi connectivity index (χ0n) is 14.7. The molecule has 1 amide bonds. The highest BCUT2D eigenvalue weighted by Crippen LogP contribution is 2.25. The molecule has 0 saturated carbocycles. The van der Waals surface area contributed by atoms with Crippen LogP contribution in [0.4, 0.5) is 4.39 Å². The lowest BCUT2D eigenvalue weighted by Gasteiger charge is -2.22. The lowest BCUT2D eigenvalue weighted by molar-refractivity contribution is 0.0934. The number of piperidine rings is 1. The third-order valence-corrected chi connectivity index (χ3v) is 5.44. The van der Waals surface area contributed by atoms with E-state index in [-0.39, 0.29) is 17.5 Å². The summed E-state index contributed by atoms with van der Waals surface area (Å²) in [7, 11) is 0. The molecule has 2 aromatic heterocycles. The van der Waals surface area contributed by atoms with Gasteiger partial charge in [0.1, 0.15) is 5.82 Å². The third-order valence-electron chi connectivity index (χ3n) is 4.57. The quantitative estimate of drug-likeness (QED) is 0.708. The highest BCUT2D eigenvalue weighted by molar-refractivity contribution is 7.13. The van der Waals surface area contributed by atoms with Crippen LogP contribution in [-0.4, -0.2) is 40.3 Å². The molecular weight excluding hydrogens is 365 g/mol. The second-order valence-corrected chi connectivity index (χ2v) is 7.49. The van der Waals surface area contributed by atoms with Crippen molar-refractivity contribution in [2.75, 3.05) is 19.6 Å². The standard InChI is InChI=1S/C19H20FN5OS/c20-14-5-7-15(8-6-14)25-18(16-4-2-10-27-16)23-17(24-25)19(26)22-12-13-3-1-9-21-11-13/h2,4-8,10,13,21H,1,3,9,11-12H2,(H,22,26). The van der Waals surface area contributed by atoms with E-state index in [1.165, 1.54) is 23.5 Å². The zero-order chi connectivity index (χ0) is 18.6. The van der Waals surface area contributed by atoms with Crippen molar-refractivity contribution in [3.63, 3.8) is 0 Å². The molecular formula is C19H20FN5OS. The fourth-order valence-electron chi connectivity index (χ4n) is 3.15. The van der Waals surface area contributed by atoms with E-state index >= 15 is 0 Å². The van der Waals surface area contributed by atoms with Gasteiger partial charge in [0.25, 0.3) is 5.91 Å². The first-order valence-corrected chi connectivity index (χ1v) is 9.84. The normalized spacial score (nSPS) is 17.0. The van der Waals surface area contributed by atoms with Gasteiger partial charge < -0.3 is 10.6 Å². The van der Waals surface area contributed by atoms with Crippen molar-refractivity contribution in [1.29, 1.82) is 0 Å². The molecule has 1 atom stereocenters. The lowest BCUT2D eigenvalue weighted by atomic mass is 10.00. The van der Waals surface area contributed by atoms with E-state index in [0.717, 1.165) is 30.8 Å². The predicted octanol–water partition coefficient (Wildman–Crippen LogP) is 2.86. The first-order valence-electron chi connectivity index (χ1n) is 8.96. The molecule has 3 aromatic rings. The third kappa shape index (κ3) is 4.06. The van der Waals surface area contributed by atoms with Crippen LogP contribution in [0.5, 0.6) is 0 Å². The molecule has 8 heteroatoms. The van der Waals surface area contributed by atoms with E-state index < -0.39 is 0 Å². The maximum absolute atomic E-state index is 13.3. The summed E-state index contributed by atoms with van der Waals surface area (Å²) < 4.78 is 14.9. The molecule has 0 aliphatic carbocycles. The minimum atomic E-state index is -0.324. The average Bonchev–Trinajstić information content (AvgIpc) is 3.37. The van der Waals surface area contributed by atoms with Gasteiger partial charge in [-0.2, -0.15) is 0 Å². The number of amides is 1. The number of nitrogens with zero attached hydrogens (tertiary/aromatic N) is 3. The van der Waals surface area contributed by atoms with Gasteiger partial charge in [-0.1, -0.05) is 6.07 Å². The van der Waals surface area contributed by atoms with Gasteiger partial charge in [-0.15, -0.1) is 16.4 Å². The van der Waals surface area contributed by atoms with Crippen LogP contribution < -0.4 is 10.6 Å². The number of thiophene rings is 1. The molecule has 1 unspecified atom stereocenters. The monoisotopic (exact) mass is 385 g/mol. The van der Waals surface area contributed by atoms with Crippen LogP contribution in [0.2, 0.25) is 0 Å². The molecule has 1 aliphatic heterocycles. The minimum absolute atomic E-state index is 0.117. The number of hydrogen-bond acceptors (Lipinski definition) is 5.